The van der Waals surface area contributed by atoms with E-state index in [9.17, 15) is 8.78 Å². The second kappa shape index (κ2) is 11.4. The SMILES string of the molecule is CCCCCC1CCC(C2CCC(C3CCC(c4ccc(C)c(F)c4F)CC3)CC2)CO1. The van der Waals surface area contributed by atoms with Crippen LogP contribution in [0.15, 0.2) is 12.1 Å². The highest BCUT2D eigenvalue weighted by atomic mass is 19.2. The van der Waals surface area contributed by atoms with Gasteiger partial charge in [-0.15, -0.1) is 0 Å². The molecule has 0 spiro atoms. The summed E-state index contributed by atoms with van der Waals surface area (Å²) in [7, 11) is 0. The van der Waals surface area contributed by atoms with Crippen molar-refractivity contribution >= 4 is 0 Å². The van der Waals surface area contributed by atoms with Gasteiger partial charge in [0, 0.05) is 0 Å². The van der Waals surface area contributed by atoms with E-state index in [4.69, 9.17) is 4.74 Å². The van der Waals surface area contributed by atoms with Gasteiger partial charge in [0.05, 0.1) is 12.7 Å². The Hall–Kier alpha value is -0.960. The van der Waals surface area contributed by atoms with Gasteiger partial charge in [-0.05, 0) is 118 Å². The molecule has 2 atom stereocenters. The van der Waals surface area contributed by atoms with E-state index in [0.717, 1.165) is 43.1 Å². The van der Waals surface area contributed by atoms with Gasteiger partial charge in [-0.3, -0.25) is 0 Å². The van der Waals surface area contributed by atoms with Crippen molar-refractivity contribution < 1.29 is 13.5 Å². The molecule has 4 rings (SSSR count). The predicted octanol–water partition coefficient (Wildman–Crippen LogP) is 8.73. The third-order valence-electron chi connectivity index (χ3n) is 9.20. The van der Waals surface area contributed by atoms with Crippen LogP contribution in [-0.4, -0.2) is 12.7 Å². The van der Waals surface area contributed by atoms with Crippen LogP contribution in [-0.2, 0) is 4.74 Å². The van der Waals surface area contributed by atoms with E-state index in [1.54, 1.807) is 13.0 Å². The maximum Gasteiger partial charge on any atom is 0.162 e. The molecule has 1 aliphatic heterocycles. The zero-order chi connectivity index (χ0) is 22.5. The fraction of sp³-hybridized carbons (Fsp3) is 0.793. The summed E-state index contributed by atoms with van der Waals surface area (Å²) in [4.78, 5) is 0. The van der Waals surface area contributed by atoms with Crippen LogP contribution >= 0.6 is 0 Å². The molecule has 1 aromatic rings. The van der Waals surface area contributed by atoms with Gasteiger partial charge in [0.15, 0.2) is 11.6 Å². The van der Waals surface area contributed by atoms with Gasteiger partial charge < -0.3 is 4.74 Å². The third-order valence-corrected chi connectivity index (χ3v) is 9.20. The fourth-order valence-corrected chi connectivity index (χ4v) is 7.01. The molecule has 1 nitrogen and oxygen atoms in total. The van der Waals surface area contributed by atoms with Crippen molar-refractivity contribution in [1.29, 1.82) is 0 Å². The molecule has 1 heterocycles. The summed E-state index contributed by atoms with van der Waals surface area (Å²) in [6, 6.07) is 3.56. The van der Waals surface area contributed by atoms with Crippen LogP contribution in [0.2, 0.25) is 0 Å². The topological polar surface area (TPSA) is 9.23 Å². The van der Waals surface area contributed by atoms with E-state index < -0.39 is 11.6 Å². The van der Waals surface area contributed by atoms with Gasteiger partial charge in [-0.1, -0.05) is 38.3 Å². The first-order valence-electron chi connectivity index (χ1n) is 13.6. The molecule has 2 aliphatic carbocycles. The van der Waals surface area contributed by atoms with Crippen LogP contribution < -0.4 is 0 Å². The molecule has 0 amide bonds. The molecule has 3 heteroatoms. The maximum absolute atomic E-state index is 14.4. The van der Waals surface area contributed by atoms with E-state index in [1.165, 1.54) is 77.0 Å². The van der Waals surface area contributed by atoms with E-state index in [2.05, 4.69) is 6.92 Å². The summed E-state index contributed by atoms with van der Waals surface area (Å²) in [5.41, 5.74) is 1.02. The van der Waals surface area contributed by atoms with Gasteiger partial charge in [0.2, 0.25) is 0 Å². The van der Waals surface area contributed by atoms with Gasteiger partial charge in [0.1, 0.15) is 0 Å². The molecule has 0 radical (unpaired) electrons. The summed E-state index contributed by atoms with van der Waals surface area (Å²) in [5.74, 6) is 2.23. The average Bonchev–Trinajstić information content (AvgIpc) is 2.84. The fourth-order valence-electron chi connectivity index (χ4n) is 7.01. The van der Waals surface area contributed by atoms with Crippen molar-refractivity contribution in [3.05, 3.63) is 34.9 Å². The maximum atomic E-state index is 14.4. The molecular formula is C29H44F2O. The smallest absolute Gasteiger partial charge is 0.162 e. The zero-order valence-corrected chi connectivity index (χ0v) is 20.4. The number of unbranched alkanes of at least 4 members (excludes halogenated alkanes) is 2. The number of hydrogen-bond donors (Lipinski definition) is 0. The molecule has 32 heavy (non-hydrogen) atoms. The minimum atomic E-state index is -0.651. The summed E-state index contributed by atoms with van der Waals surface area (Å²) < 4.78 is 34.7. The Morgan fingerprint density at radius 3 is 1.94 bits per heavy atom. The second-order valence-electron chi connectivity index (χ2n) is 11.2. The lowest BCUT2D eigenvalue weighted by molar-refractivity contribution is -0.0443. The number of hydrogen-bond acceptors (Lipinski definition) is 1. The highest BCUT2D eigenvalue weighted by Crippen LogP contribution is 2.46. The Morgan fingerprint density at radius 1 is 0.750 bits per heavy atom. The largest absolute Gasteiger partial charge is 0.378 e. The molecule has 180 valence electrons. The minimum Gasteiger partial charge on any atom is -0.378 e. The average molecular weight is 447 g/mol. The molecule has 1 saturated heterocycles. The second-order valence-corrected chi connectivity index (χ2v) is 11.2. The van der Waals surface area contributed by atoms with Crippen LogP contribution in [0.1, 0.15) is 114 Å². The van der Waals surface area contributed by atoms with Crippen molar-refractivity contribution in [3.63, 3.8) is 0 Å². The van der Waals surface area contributed by atoms with Crippen molar-refractivity contribution in [2.45, 2.75) is 116 Å². The number of halogens is 2. The molecule has 1 aromatic carbocycles. The zero-order valence-electron chi connectivity index (χ0n) is 20.4. The number of ether oxygens (including phenoxy) is 1. The first-order chi connectivity index (χ1) is 15.6. The lowest BCUT2D eigenvalue weighted by Gasteiger charge is -2.41. The molecular weight excluding hydrogens is 402 g/mol. The molecule has 3 aliphatic rings. The Labute approximate surface area is 194 Å². The van der Waals surface area contributed by atoms with Gasteiger partial charge >= 0.3 is 0 Å². The van der Waals surface area contributed by atoms with Crippen molar-refractivity contribution in [1.82, 2.24) is 0 Å². The van der Waals surface area contributed by atoms with Gasteiger partial charge in [-0.25, -0.2) is 8.78 Å². The Kier molecular flexibility index (Phi) is 8.65. The number of rotatable bonds is 7. The van der Waals surface area contributed by atoms with E-state index in [-0.39, 0.29) is 5.92 Å². The summed E-state index contributed by atoms with van der Waals surface area (Å²) in [6.07, 6.45) is 18.2. The first-order valence-corrected chi connectivity index (χ1v) is 13.6. The van der Waals surface area contributed by atoms with Gasteiger partial charge in [0.25, 0.3) is 0 Å². The molecule has 0 bridgehead atoms. The monoisotopic (exact) mass is 446 g/mol. The van der Waals surface area contributed by atoms with Crippen molar-refractivity contribution in [3.8, 4) is 0 Å². The van der Waals surface area contributed by atoms with Crippen LogP contribution in [0, 0.1) is 42.2 Å². The summed E-state index contributed by atoms with van der Waals surface area (Å²) in [6.45, 7) is 4.90. The third kappa shape index (κ3) is 5.75. The van der Waals surface area contributed by atoms with Crippen molar-refractivity contribution in [2.24, 2.45) is 23.7 Å². The Morgan fingerprint density at radius 2 is 1.34 bits per heavy atom. The summed E-state index contributed by atoms with van der Waals surface area (Å²) in [5, 5.41) is 0. The number of benzene rings is 1. The normalized spacial score (nSPS) is 33.9. The predicted molar refractivity (Wildman–Crippen MR) is 128 cm³/mol. The van der Waals surface area contributed by atoms with Crippen molar-refractivity contribution in [2.75, 3.05) is 6.61 Å². The number of aryl methyl sites for hydroxylation is 1. The van der Waals surface area contributed by atoms with Crippen LogP contribution in [0.5, 0.6) is 0 Å². The van der Waals surface area contributed by atoms with Crippen LogP contribution in [0.25, 0.3) is 0 Å². The Bertz CT molecular complexity index is 708. The first kappa shape index (κ1) is 24.2. The lowest BCUT2D eigenvalue weighted by Crippen LogP contribution is -2.33. The molecule has 0 N–H and O–H groups in total. The molecule has 3 fully saturated rings. The van der Waals surface area contributed by atoms with E-state index >= 15 is 0 Å². The van der Waals surface area contributed by atoms with Crippen LogP contribution in [0.3, 0.4) is 0 Å². The minimum absolute atomic E-state index is 0.197. The standard InChI is InChI=1S/C29H44F2O/c1-3-4-5-6-26-17-16-25(19-32-26)23-10-8-21(9-11-23)22-12-14-24(15-13-22)27-18-7-20(2)28(30)29(27)31/h7,18,21-26H,3-6,8-17,19H2,1-2H3. The van der Waals surface area contributed by atoms with Crippen LogP contribution in [0.4, 0.5) is 8.78 Å². The van der Waals surface area contributed by atoms with E-state index in [1.807, 2.05) is 6.07 Å². The molecule has 2 saturated carbocycles. The van der Waals surface area contributed by atoms with Gasteiger partial charge in [-0.2, -0.15) is 0 Å². The van der Waals surface area contributed by atoms with E-state index in [0.29, 0.717) is 17.2 Å². The highest BCUT2D eigenvalue weighted by molar-refractivity contribution is 5.28. The summed E-state index contributed by atoms with van der Waals surface area (Å²) >= 11 is 0. The quantitative estimate of drug-likeness (QED) is 0.380. The lowest BCUT2D eigenvalue weighted by atomic mass is 9.66. The highest BCUT2D eigenvalue weighted by Gasteiger charge is 2.35. The Balaban J connectivity index is 1.19. The molecule has 0 aromatic heterocycles. The molecule has 2 unspecified atom stereocenters.